The van der Waals surface area contributed by atoms with E-state index < -0.39 is 6.04 Å². The Morgan fingerprint density at radius 1 is 1.29 bits per heavy atom. The van der Waals surface area contributed by atoms with Crippen molar-refractivity contribution in [2.45, 2.75) is 44.0 Å². The number of carbonyl (C=O) groups excluding carboxylic acids is 2. The molecule has 130 valence electrons. The zero-order valence-electron chi connectivity index (χ0n) is 13.7. The Kier molecular flexibility index (Phi) is 5.43. The Morgan fingerprint density at radius 2 is 2.00 bits per heavy atom. The van der Waals surface area contributed by atoms with Gasteiger partial charge in [-0.25, -0.2) is 9.18 Å². The quantitative estimate of drug-likeness (QED) is 0.762. The first-order valence-electron chi connectivity index (χ1n) is 8.47. The Balaban J connectivity index is 1.83. The molecule has 1 saturated carbocycles. The van der Waals surface area contributed by atoms with Crippen molar-refractivity contribution in [3.8, 4) is 0 Å². The van der Waals surface area contributed by atoms with E-state index in [2.05, 4.69) is 0 Å². The molecule has 2 atom stereocenters. The zero-order chi connectivity index (χ0) is 17.1. The molecule has 1 aliphatic carbocycles. The third-order valence-electron chi connectivity index (χ3n) is 4.58. The van der Waals surface area contributed by atoms with Crippen LogP contribution in [-0.4, -0.2) is 35.2 Å². The minimum absolute atomic E-state index is 0.00752. The fourth-order valence-corrected chi connectivity index (χ4v) is 4.43. The van der Waals surface area contributed by atoms with Gasteiger partial charge in [0.05, 0.1) is 6.61 Å². The minimum Gasteiger partial charge on any atom is -0.464 e. The van der Waals surface area contributed by atoms with Crippen molar-refractivity contribution in [2.75, 3.05) is 12.4 Å². The summed E-state index contributed by atoms with van der Waals surface area (Å²) >= 11 is 1.54. The number of carbonyl (C=O) groups is 2. The fourth-order valence-electron chi connectivity index (χ4n) is 3.01. The normalized spacial score (nSPS) is 23.8. The molecule has 6 heteroatoms. The van der Waals surface area contributed by atoms with Crippen molar-refractivity contribution < 1.29 is 18.7 Å². The second-order valence-electron chi connectivity index (χ2n) is 6.29. The summed E-state index contributed by atoms with van der Waals surface area (Å²) in [6, 6.07) is 5.61. The van der Waals surface area contributed by atoms with Gasteiger partial charge in [0.15, 0.2) is 0 Å². The van der Waals surface area contributed by atoms with E-state index in [4.69, 9.17) is 4.74 Å². The van der Waals surface area contributed by atoms with Gasteiger partial charge >= 0.3 is 5.97 Å². The molecule has 0 radical (unpaired) electrons. The molecule has 0 aromatic heterocycles. The van der Waals surface area contributed by atoms with Crippen LogP contribution in [0.4, 0.5) is 4.39 Å². The zero-order valence-corrected chi connectivity index (χ0v) is 14.6. The number of halogens is 1. The summed E-state index contributed by atoms with van der Waals surface area (Å²) < 4.78 is 18.5. The largest absolute Gasteiger partial charge is 0.464 e. The lowest BCUT2D eigenvalue weighted by molar-refractivity contribution is -0.156. The number of nitrogens with zero attached hydrogens (tertiary/aromatic N) is 1. The number of hydrogen-bond donors (Lipinski definition) is 0. The molecular weight excluding hydrogens is 329 g/mol. The molecule has 0 N–H and O–H groups in total. The number of esters is 1. The Labute approximate surface area is 145 Å². The van der Waals surface area contributed by atoms with Crippen molar-refractivity contribution in [3.05, 3.63) is 35.6 Å². The molecule has 2 fully saturated rings. The highest BCUT2D eigenvalue weighted by Crippen LogP contribution is 2.44. The highest BCUT2D eigenvalue weighted by molar-refractivity contribution is 7.99. The molecule has 1 heterocycles. The van der Waals surface area contributed by atoms with Crippen LogP contribution in [0.5, 0.6) is 0 Å². The number of hydrogen-bond acceptors (Lipinski definition) is 4. The van der Waals surface area contributed by atoms with E-state index >= 15 is 0 Å². The predicted octanol–water partition coefficient (Wildman–Crippen LogP) is 3.52. The number of ether oxygens (including phenoxy) is 1. The van der Waals surface area contributed by atoms with E-state index in [0.717, 1.165) is 31.2 Å². The Bertz CT molecular complexity index is 603. The summed E-state index contributed by atoms with van der Waals surface area (Å²) in [5, 5.41) is -0.252. The molecule has 1 amide bonds. The molecule has 1 aromatic rings. The first-order valence-corrected chi connectivity index (χ1v) is 9.52. The summed E-state index contributed by atoms with van der Waals surface area (Å²) in [5.41, 5.74) is 0.847. The molecular formula is C18H22FNO3S. The summed E-state index contributed by atoms with van der Waals surface area (Å²) in [6.07, 6.45) is 3.58. The standard InChI is InChI=1S/C18H22FNO3S/c1-2-10-23-18(22)15-11-24-17(13-6-8-14(19)9-7-13)20(15)16(21)12-4-3-5-12/h6-9,12,15,17H,2-5,10-11H2,1H3. The average Bonchev–Trinajstić information content (AvgIpc) is 2.96. The van der Waals surface area contributed by atoms with Crippen LogP contribution in [-0.2, 0) is 14.3 Å². The molecule has 2 unspecified atom stereocenters. The third kappa shape index (κ3) is 3.43. The monoisotopic (exact) mass is 351 g/mol. The van der Waals surface area contributed by atoms with Crippen LogP contribution in [0.15, 0.2) is 24.3 Å². The number of benzene rings is 1. The lowest BCUT2D eigenvalue weighted by Crippen LogP contribution is -2.47. The van der Waals surface area contributed by atoms with E-state index in [1.54, 1.807) is 28.8 Å². The highest BCUT2D eigenvalue weighted by atomic mass is 32.2. The first-order chi connectivity index (χ1) is 11.6. The van der Waals surface area contributed by atoms with Crippen LogP contribution in [0.1, 0.15) is 43.5 Å². The molecule has 1 saturated heterocycles. The maximum absolute atomic E-state index is 13.2. The smallest absolute Gasteiger partial charge is 0.329 e. The van der Waals surface area contributed by atoms with Crippen molar-refractivity contribution >= 4 is 23.6 Å². The van der Waals surface area contributed by atoms with Crippen LogP contribution >= 0.6 is 11.8 Å². The van der Waals surface area contributed by atoms with Crippen molar-refractivity contribution in [1.82, 2.24) is 4.90 Å². The molecule has 1 aliphatic heterocycles. The SMILES string of the molecule is CCCOC(=O)C1CSC(c2ccc(F)cc2)N1C(=O)C1CCC1. The summed E-state index contributed by atoms with van der Waals surface area (Å²) in [5.74, 6) is -0.0884. The van der Waals surface area contributed by atoms with Crippen molar-refractivity contribution in [3.63, 3.8) is 0 Å². The highest BCUT2D eigenvalue weighted by Gasteiger charge is 2.45. The van der Waals surface area contributed by atoms with Gasteiger partial charge in [0.1, 0.15) is 17.2 Å². The number of rotatable bonds is 5. The fraction of sp³-hybridized carbons (Fsp3) is 0.556. The van der Waals surface area contributed by atoms with Gasteiger partial charge in [-0.1, -0.05) is 25.5 Å². The molecule has 24 heavy (non-hydrogen) atoms. The predicted molar refractivity (Wildman–Crippen MR) is 90.8 cm³/mol. The second kappa shape index (κ2) is 7.55. The van der Waals surface area contributed by atoms with E-state index in [9.17, 15) is 14.0 Å². The number of thioether (sulfide) groups is 1. The number of amides is 1. The van der Waals surface area contributed by atoms with Gasteiger partial charge < -0.3 is 9.64 Å². The van der Waals surface area contributed by atoms with Gasteiger partial charge in [-0.05, 0) is 37.0 Å². The van der Waals surface area contributed by atoms with Crippen LogP contribution < -0.4 is 0 Å². The average molecular weight is 351 g/mol. The van der Waals surface area contributed by atoms with E-state index in [0.29, 0.717) is 12.4 Å². The third-order valence-corrected chi connectivity index (χ3v) is 5.91. The lowest BCUT2D eigenvalue weighted by Gasteiger charge is -2.35. The summed E-state index contributed by atoms with van der Waals surface area (Å²) in [4.78, 5) is 27.0. The second-order valence-corrected chi connectivity index (χ2v) is 7.41. The maximum atomic E-state index is 13.2. The van der Waals surface area contributed by atoms with E-state index in [1.807, 2.05) is 6.92 Å². The minimum atomic E-state index is -0.551. The lowest BCUT2D eigenvalue weighted by atomic mass is 9.84. The van der Waals surface area contributed by atoms with Gasteiger partial charge in [0, 0.05) is 11.7 Å². The van der Waals surface area contributed by atoms with Gasteiger partial charge in [-0.3, -0.25) is 4.79 Å². The Morgan fingerprint density at radius 3 is 2.58 bits per heavy atom. The molecule has 3 rings (SSSR count). The van der Waals surface area contributed by atoms with E-state index in [1.165, 1.54) is 12.1 Å². The van der Waals surface area contributed by atoms with Gasteiger partial charge in [0.2, 0.25) is 5.91 Å². The molecule has 2 aliphatic rings. The molecule has 0 spiro atoms. The van der Waals surface area contributed by atoms with Crippen LogP contribution in [0.3, 0.4) is 0 Å². The van der Waals surface area contributed by atoms with Crippen molar-refractivity contribution in [2.24, 2.45) is 5.92 Å². The van der Waals surface area contributed by atoms with Gasteiger partial charge in [-0.2, -0.15) is 0 Å². The van der Waals surface area contributed by atoms with Gasteiger partial charge in [-0.15, -0.1) is 11.8 Å². The van der Waals surface area contributed by atoms with Crippen LogP contribution in [0.25, 0.3) is 0 Å². The molecule has 1 aromatic carbocycles. The summed E-state index contributed by atoms with van der Waals surface area (Å²) in [7, 11) is 0. The Hall–Kier alpha value is -1.56. The van der Waals surface area contributed by atoms with Crippen molar-refractivity contribution in [1.29, 1.82) is 0 Å². The van der Waals surface area contributed by atoms with Crippen LogP contribution in [0.2, 0.25) is 0 Å². The summed E-state index contributed by atoms with van der Waals surface area (Å²) in [6.45, 7) is 2.31. The molecule has 0 bridgehead atoms. The van der Waals surface area contributed by atoms with Gasteiger partial charge in [0.25, 0.3) is 0 Å². The first kappa shape index (κ1) is 17.3. The topological polar surface area (TPSA) is 46.6 Å². The molecule has 4 nitrogen and oxygen atoms in total. The van der Waals surface area contributed by atoms with Crippen LogP contribution in [0, 0.1) is 11.7 Å². The maximum Gasteiger partial charge on any atom is 0.329 e. The van der Waals surface area contributed by atoms with E-state index in [-0.39, 0.29) is 29.0 Å².